The molecule has 0 bridgehead atoms. The number of hydrogen-bond acceptors (Lipinski definition) is 2. The number of nitrogens with one attached hydrogen (secondary N) is 1. The van der Waals surface area contributed by atoms with Crippen LogP contribution in [0.2, 0.25) is 5.02 Å². The number of hydrogen-bond donors (Lipinski definition) is 1. The first kappa shape index (κ1) is 21.9. The van der Waals surface area contributed by atoms with Crippen LogP contribution in [0.1, 0.15) is 28.4 Å². The summed E-state index contributed by atoms with van der Waals surface area (Å²) < 4.78 is 13.3. The van der Waals surface area contributed by atoms with Gasteiger partial charge in [-0.15, -0.1) is 0 Å². The molecule has 5 nitrogen and oxygen atoms in total. The Morgan fingerprint density at radius 3 is 2.49 bits per heavy atom. The number of carbonyl (C=O) groups excluding carboxylic acids is 2. The Bertz CT molecular complexity index is 1430. The molecule has 1 fully saturated rings. The molecular weight excluding hydrogens is 465 g/mol. The first-order valence-electron chi connectivity index (χ1n) is 11.7. The maximum absolute atomic E-state index is 13.7. The van der Waals surface area contributed by atoms with E-state index in [1.54, 1.807) is 21.9 Å². The van der Waals surface area contributed by atoms with E-state index in [1.165, 1.54) is 12.1 Å². The largest absolute Gasteiger partial charge is 0.356 e. The van der Waals surface area contributed by atoms with E-state index in [4.69, 9.17) is 11.6 Å². The molecule has 1 unspecified atom stereocenters. The molecule has 0 spiro atoms. The zero-order valence-electron chi connectivity index (χ0n) is 18.9. The quantitative estimate of drug-likeness (QED) is 0.445. The molecule has 0 radical (unpaired) electrons. The maximum atomic E-state index is 13.7. The number of para-hydroxylation sites is 1. The van der Waals surface area contributed by atoms with Gasteiger partial charge in [-0.25, -0.2) is 4.39 Å². The zero-order chi connectivity index (χ0) is 24.1. The fourth-order valence-corrected chi connectivity index (χ4v) is 5.55. The molecule has 2 aliphatic heterocycles. The summed E-state index contributed by atoms with van der Waals surface area (Å²) in [5, 5.41) is 1.69. The van der Waals surface area contributed by atoms with Crippen molar-refractivity contribution in [3.63, 3.8) is 0 Å². The highest BCUT2D eigenvalue weighted by atomic mass is 35.5. The predicted molar refractivity (Wildman–Crippen MR) is 133 cm³/mol. The van der Waals surface area contributed by atoms with Gasteiger partial charge in [-0.05, 0) is 53.4 Å². The van der Waals surface area contributed by atoms with E-state index >= 15 is 0 Å². The summed E-state index contributed by atoms with van der Waals surface area (Å²) in [5.41, 5.74) is 4.85. The smallest absolute Gasteiger partial charge is 0.246 e. The van der Waals surface area contributed by atoms with Crippen molar-refractivity contribution in [1.29, 1.82) is 0 Å². The van der Waals surface area contributed by atoms with Crippen LogP contribution in [0.4, 0.5) is 4.39 Å². The monoisotopic (exact) mass is 487 g/mol. The van der Waals surface area contributed by atoms with Gasteiger partial charge in [-0.3, -0.25) is 9.59 Å². The molecule has 2 aliphatic rings. The van der Waals surface area contributed by atoms with Gasteiger partial charge in [0.15, 0.2) is 0 Å². The van der Waals surface area contributed by atoms with Gasteiger partial charge >= 0.3 is 0 Å². The molecule has 1 N–H and O–H groups in total. The molecule has 3 heterocycles. The fraction of sp³-hybridized carbons (Fsp3) is 0.214. The van der Waals surface area contributed by atoms with Crippen LogP contribution in [0.15, 0.2) is 72.8 Å². The summed E-state index contributed by atoms with van der Waals surface area (Å²) in [4.78, 5) is 34.2. The third kappa shape index (κ3) is 3.78. The number of aromatic nitrogens is 1. The normalized spacial score (nSPS) is 19.7. The highest BCUT2D eigenvalue weighted by Gasteiger charge is 2.48. The van der Waals surface area contributed by atoms with Crippen molar-refractivity contribution in [2.24, 2.45) is 0 Å². The zero-order valence-corrected chi connectivity index (χ0v) is 19.6. The predicted octanol–water partition coefficient (Wildman–Crippen LogP) is 4.89. The van der Waals surface area contributed by atoms with E-state index in [0.717, 1.165) is 33.3 Å². The lowest BCUT2D eigenvalue weighted by atomic mass is 9.86. The fourth-order valence-electron chi connectivity index (χ4n) is 5.42. The van der Waals surface area contributed by atoms with Gasteiger partial charge < -0.3 is 14.8 Å². The van der Waals surface area contributed by atoms with E-state index in [-0.39, 0.29) is 24.2 Å². The highest BCUT2D eigenvalue weighted by molar-refractivity contribution is 6.30. The van der Waals surface area contributed by atoms with Gasteiger partial charge in [0.25, 0.3) is 0 Å². The van der Waals surface area contributed by atoms with Crippen LogP contribution in [0.5, 0.6) is 0 Å². The van der Waals surface area contributed by atoms with Crippen molar-refractivity contribution >= 4 is 34.3 Å². The lowest BCUT2D eigenvalue weighted by Crippen LogP contribution is -2.63. The van der Waals surface area contributed by atoms with Crippen molar-refractivity contribution in [2.75, 3.05) is 13.1 Å². The van der Waals surface area contributed by atoms with E-state index in [9.17, 15) is 14.0 Å². The number of aromatic amines is 1. The molecule has 1 saturated heterocycles. The van der Waals surface area contributed by atoms with E-state index in [2.05, 4.69) is 11.1 Å². The van der Waals surface area contributed by atoms with Crippen LogP contribution in [-0.4, -0.2) is 45.7 Å². The molecule has 4 aromatic rings. The number of fused-ring (bicyclic) bond motifs is 4. The molecule has 0 saturated carbocycles. The molecule has 2 atom stereocenters. The van der Waals surface area contributed by atoms with Crippen LogP contribution in [0, 0.1) is 5.82 Å². The minimum absolute atomic E-state index is 0.0240. The molecule has 7 heteroatoms. The van der Waals surface area contributed by atoms with Gasteiger partial charge in [-0.2, -0.15) is 0 Å². The summed E-state index contributed by atoms with van der Waals surface area (Å²) in [6.45, 7) is 0.434. The summed E-state index contributed by atoms with van der Waals surface area (Å²) in [6, 6.07) is 20.8. The molecule has 0 aliphatic carbocycles. The first-order chi connectivity index (χ1) is 17.0. The highest BCUT2D eigenvalue weighted by Crippen LogP contribution is 2.42. The number of carbonyl (C=O) groups is 2. The van der Waals surface area contributed by atoms with E-state index in [0.29, 0.717) is 24.4 Å². The van der Waals surface area contributed by atoms with Gasteiger partial charge in [0.05, 0.1) is 12.6 Å². The van der Waals surface area contributed by atoms with Crippen molar-refractivity contribution in [2.45, 2.75) is 24.9 Å². The lowest BCUT2D eigenvalue weighted by molar-refractivity contribution is -0.158. The second kappa shape index (κ2) is 8.54. The molecule has 6 rings (SSSR count). The molecule has 2 amide bonds. The molecule has 35 heavy (non-hydrogen) atoms. The Morgan fingerprint density at radius 2 is 1.71 bits per heavy atom. The molecular formula is C28H23ClFN3O2. The van der Waals surface area contributed by atoms with Gasteiger partial charge in [0.1, 0.15) is 11.9 Å². The third-order valence-corrected chi connectivity index (χ3v) is 7.36. The summed E-state index contributed by atoms with van der Waals surface area (Å²) in [5.74, 6) is -0.432. The van der Waals surface area contributed by atoms with Crippen molar-refractivity contribution in [3.8, 4) is 0 Å². The number of rotatable bonds is 4. The SMILES string of the molecule is O=C1[C@@H]2Cc3c([nH]c4ccccc34)C(c3ccc(Cl)cc3)N2C(=O)CN1CCc1ccc(F)cc1. The van der Waals surface area contributed by atoms with E-state index in [1.807, 2.05) is 42.5 Å². The molecule has 176 valence electrons. The number of H-pyrrole nitrogens is 1. The molecule has 3 aromatic carbocycles. The molecule has 1 aromatic heterocycles. The van der Waals surface area contributed by atoms with Crippen LogP contribution in [-0.2, 0) is 22.4 Å². The summed E-state index contributed by atoms with van der Waals surface area (Å²) in [6.07, 6.45) is 1.02. The van der Waals surface area contributed by atoms with Crippen LogP contribution < -0.4 is 0 Å². The van der Waals surface area contributed by atoms with Crippen LogP contribution in [0.3, 0.4) is 0 Å². The Kier molecular flexibility index (Phi) is 5.33. The van der Waals surface area contributed by atoms with Gasteiger partial charge in [0.2, 0.25) is 11.8 Å². The van der Waals surface area contributed by atoms with Crippen molar-refractivity contribution < 1.29 is 14.0 Å². The first-order valence-corrected chi connectivity index (χ1v) is 12.1. The minimum Gasteiger partial charge on any atom is -0.356 e. The summed E-state index contributed by atoms with van der Waals surface area (Å²) >= 11 is 6.15. The minimum atomic E-state index is -0.586. The van der Waals surface area contributed by atoms with E-state index < -0.39 is 12.1 Å². The second-order valence-corrected chi connectivity index (χ2v) is 9.61. The maximum Gasteiger partial charge on any atom is 0.246 e. The summed E-state index contributed by atoms with van der Waals surface area (Å²) in [7, 11) is 0. The van der Waals surface area contributed by atoms with Crippen LogP contribution in [0.25, 0.3) is 10.9 Å². The Morgan fingerprint density at radius 1 is 0.971 bits per heavy atom. The van der Waals surface area contributed by atoms with Gasteiger partial charge in [0, 0.05) is 34.6 Å². The number of halogens is 2. The van der Waals surface area contributed by atoms with Crippen molar-refractivity contribution in [1.82, 2.24) is 14.8 Å². The Hall–Kier alpha value is -3.64. The topological polar surface area (TPSA) is 56.4 Å². The number of piperazine rings is 1. The Balaban J connectivity index is 1.38. The standard InChI is InChI=1S/C28H23ClFN3O2/c29-19-9-7-18(8-10-19)27-26-22(21-3-1-2-4-23(21)31-26)15-24-28(35)32(16-25(34)33(24)27)14-13-17-5-11-20(30)12-6-17/h1-12,24,27,31H,13-16H2/t24-,27?/m0/s1. The average Bonchev–Trinajstić information content (AvgIpc) is 3.24. The Labute approximate surface area is 207 Å². The average molecular weight is 488 g/mol. The number of nitrogens with zero attached hydrogens (tertiary/aromatic N) is 2. The number of benzene rings is 3. The van der Waals surface area contributed by atoms with Crippen molar-refractivity contribution in [3.05, 3.63) is 106 Å². The second-order valence-electron chi connectivity index (χ2n) is 9.17. The van der Waals surface area contributed by atoms with Crippen LogP contribution >= 0.6 is 11.6 Å². The number of amides is 2. The third-order valence-electron chi connectivity index (χ3n) is 7.11. The lowest BCUT2D eigenvalue weighted by Gasteiger charge is -2.47. The van der Waals surface area contributed by atoms with Gasteiger partial charge in [-0.1, -0.05) is 54.1 Å².